The molecule has 6 nitrogen and oxygen atoms in total. The van der Waals surface area contributed by atoms with Crippen molar-refractivity contribution in [2.75, 3.05) is 11.9 Å². The molecule has 162 valence electrons. The second-order valence-corrected chi connectivity index (χ2v) is 8.03. The van der Waals surface area contributed by atoms with Gasteiger partial charge in [0, 0.05) is 35.6 Å². The minimum atomic E-state index is -0.271. The molecule has 0 aliphatic rings. The number of nitrogens with zero attached hydrogens (tertiary/aromatic N) is 3. The van der Waals surface area contributed by atoms with Crippen molar-refractivity contribution in [3.05, 3.63) is 81.1 Å². The maximum Gasteiger partial charge on any atom is 0.258 e. The topological polar surface area (TPSA) is 71.3 Å². The molecule has 7 heteroatoms. The van der Waals surface area contributed by atoms with E-state index in [9.17, 15) is 4.79 Å². The highest BCUT2D eigenvalue weighted by Crippen LogP contribution is 2.18. The molecule has 0 aliphatic heterocycles. The highest BCUT2D eigenvalue weighted by atomic mass is 35.5. The first-order valence-electron chi connectivity index (χ1n) is 10.2. The second-order valence-electron chi connectivity index (χ2n) is 7.59. The summed E-state index contributed by atoms with van der Waals surface area (Å²) < 4.78 is 1.88. The average Bonchev–Trinajstić information content (AvgIpc) is 2.97. The van der Waals surface area contributed by atoms with Gasteiger partial charge >= 0.3 is 0 Å². The van der Waals surface area contributed by atoms with Crippen LogP contribution in [0.5, 0.6) is 0 Å². The number of guanidine groups is 1. The lowest BCUT2D eigenvalue weighted by molar-refractivity contribution is 0.0977. The number of aliphatic imine (C=N–C) groups is 1. The summed E-state index contributed by atoms with van der Waals surface area (Å²) >= 11 is 6.04. The smallest absolute Gasteiger partial charge is 0.258 e. The third-order valence-electron chi connectivity index (χ3n) is 5.47. The van der Waals surface area contributed by atoms with E-state index in [1.54, 1.807) is 24.3 Å². The van der Waals surface area contributed by atoms with E-state index in [0.29, 0.717) is 23.1 Å². The van der Waals surface area contributed by atoms with Crippen LogP contribution < -0.4 is 10.6 Å². The van der Waals surface area contributed by atoms with E-state index in [4.69, 9.17) is 11.6 Å². The molecule has 0 fully saturated rings. The van der Waals surface area contributed by atoms with E-state index >= 15 is 0 Å². The molecular weight excluding hydrogens is 410 g/mol. The van der Waals surface area contributed by atoms with Crippen LogP contribution in [0.25, 0.3) is 0 Å². The first-order valence-corrected chi connectivity index (χ1v) is 10.6. The summed E-state index contributed by atoms with van der Waals surface area (Å²) in [6.07, 6.45) is 0.733. The predicted molar refractivity (Wildman–Crippen MR) is 127 cm³/mol. The molecule has 1 heterocycles. The van der Waals surface area contributed by atoms with Crippen LogP contribution >= 0.6 is 11.6 Å². The van der Waals surface area contributed by atoms with Gasteiger partial charge in [-0.1, -0.05) is 29.8 Å². The van der Waals surface area contributed by atoms with E-state index in [2.05, 4.69) is 40.6 Å². The summed E-state index contributed by atoms with van der Waals surface area (Å²) in [5.41, 5.74) is 6.94. The number of carbonyl (C=O) groups excluding carboxylic acids is 1. The lowest BCUT2D eigenvalue weighted by atomic mass is 10.1. The maximum absolute atomic E-state index is 12.8. The van der Waals surface area contributed by atoms with Gasteiger partial charge in [0.25, 0.3) is 5.91 Å². The first kappa shape index (κ1) is 22.6. The molecule has 2 N–H and O–H groups in total. The van der Waals surface area contributed by atoms with Crippen LogP contribution in [-0.4, -0.2) is 28.2 Å². The van der Waals surface area contributed by atoms with Crippen LogP contribution in [0.2, 0.25) is 5.02 Å². The molecule has 3 aromatic rings. The molecule has 0 aliphatic carbocycles. The number of hydrogen-bond donors (Lipinski definition) is 2. The van der Waals surface area contributed by atoms with Crippen molar-refractivity contribution >= 4 is 29.2 Å². The monoisotopic (exact) mass is 437 g/mol. The molecule has 3 rings (SSSR count). The zero-order chi connectivity index (χ0) is 22.5. The van der Waals surface area contributed by atoms with Crippen molar-refractivity contribution in [1.82, 2.24) is 15.1 Å². The second kappa shape index (κ2) is 9.79. The molecule has 0 unspecified atom stereocenters. The molecule has 2 aromatic carbocycles. The van der Waals surface area contributed by atoms with Gasteiger partial charge in [-0.15, -0.1) is 0 Å². The van der Waals surface area contributed by atoms with Gasteiger partial charge in [-0.05, 0) is 75.1 Å². The van der Waals surface area contributed by atoms with Crippen molar-refractivity contribution in [3.8, 4) is 0 Å². The van der Waals surface area contributed by atoms with Gasteiger partial charge < -0.3 is 5.32 Å². The molecule has 0 atom stereocenters. The lowest BCUT2D eigenvalue weighted by Crippen LogP contribution is -2.36. The Kier molecular flexibility index (Phi) is 7.13. The standard InChI is InChI=1S/C24H28ClN5O/c1-15-8-6-11-22(16(15)2)27-24(28-23(31)19-9-7-10-20(25)14-19)26-13-12-21-17(3)29-30(5)18(21)4/h6-11,14H,12-13H2,1-5H3,(H2,26,27,28,31). The minimum Gasteiger partial charge on any atom is -0.326 e. The predicted octanol–water partition coefficient (Wildman–Crippen LogP) is 4.75. The SMILES string of the molecule is Cc1cccc(NC(=NCCc2c(C)nn(C)c2C)NC(=O)c2cccc(Cl)c2)c1C. The van der Waals surface area contributed by atoms with E-state index in [1.165, 1.54) is 5.56 Å². The Morgan fingerprint density at radius 3 is 2.55 bits per heavy atom. The number of aryl methyl sites for hydroxylation is 3. The van der Waals surface area contributed by atoms with Crippen molar-refractivity contribution in [2.45, 2.75) is 34.1 Å². The lowest BCUT2D eigenvalue weighted by Gasteiger charge is -2.15. The van der Waals surface area contributed by atoms with Gasteiger partial charge in [-0.3, -0.25) is 19.8 Å². The van der Waals surface area contributed by atoms with E-state index in [-0.39, 0.29) is 5.91 Å². The fraction of sp³-hybridized carbons (Fsp3) is 0.292. The first-order chi connectivity index (χ1) is 14.8. The fourth-order valence-electron chi connectivity index (χ4n) is 3.39. The van der Waals surface area contributed by atoms with E-state index in [0.717, 1.165) is 34.6 Å². The fourth-order valence-corrected chi connectivity index (χ4v) is 3.58. The van der Waals surface area contributed by atoms with Crippen molar-refractivity contribution < 1.29 is 4.79 Å². The highest BCUT2D eigenvalue weighted by molar-refractivity contribution is 6.31. The average molecular weight is 438 g/mol. The quantitative estimate of drug-likeness (QED) is 0.447. The Hall–Kier alpha value is -3.12. The summed E-state index contributed by atoms with van der Waals surface area (Å²) in [7, 11) is 1.94. The number of hydrogen-bond acceptors (Lipinski definition) is 3. The number of rotatable bonds is 5. The molecular formula is C24H28ClN5O. The van der Waals surface area contributed by atoms with Crippen LogP contribution in [-0.2, 0) is 13.5 Å². The third kappa shape index (κ3) is 5.52. The van der Waals surface area contributed by atoms with Crippen molar-refractivity contribution in [1.29, 1.82) is 0 Å². The largest absolute Gasteiger partial charge is 0.326 e. The van der Waals surface area contributed by atoms with Crippen LogP contribution in [0.15, 0.2) is 47.5 Å². The van der Waals surface area contributed by atoms with E-state index < -0.39 is 0 Å². The van der Waals surface area contributed by atoms with Crippen LogP contribution in [0.4, 0.5) is 5.69 Å². The van der Waals surface area contributed by atoms with Gasteiger partial charge in [0.2, 0.25) is 5.96 Å². The number of nitrogens with one attached hydrogen (secondary N) is 2. The van der Waals surface area contributed by atoms with Gasteiger partial charge in [0.1, 0.15) is 0 Å². The summed E-state index contributed by atoms with van der Waals surface area (Å²) in [6, 6.07) is 12.8. The maximum atomic E-state index is 12.8. The number of amides is 1. The number of aromatic nitrogens is 2. The van der Waals surface area contributed by atoms with E-state index in [1.807, 2.05) is 37.7 Å². The Labute approximate surface area is 188 Å². The van der Waals surface area contributed by atoms with Gasteiger partial charge in [0.15, 0.2) is 0 Å². The third-order valence-corrected chi connectivity index (χ3v) is 5.70. The molecule has 0 radical (unpaired) electrons. The molecule has 0 spiro atoms. The summed E-state index contributed by atoms with van der Waals surface area (Å²) in [5.74, 6) is 0.130. The molecule has 1 aromatic heterocycles. The zero-order valence-electron chi connectivity index (χ0n) is 18.6. The Balaban J connectivity index is 1.83. The summed E-state index contributed by atoms with van der Waals surface area (Å²) in [6.45, 7) is 8.65. The Bertz CT molecular complexity index is 1130. The van der Waals surface area contributed by atoms with Crippen LogP contribution in [0.3, 0.4) is 0 Å². The minimum absolute atomic E-state index is 0.271. The van der Waals surface area contributed by atoms with Crippen molar-refractivity contribution in [3.63, 3.8) is 0 Å². The van der Waals surface area contributed by atoms with Crippen LogP contribution in [0.1, 0.15) is 38.4 Å². The van der Waals surface area contributed by atoms with Gasteiger partial charge in [0.05, 0.1) is 5.69 Å². The van der Waals surface area contributed by atoms with Crippen LogP contribution in [0, 0.1) is 27.7 Å². The van der Waals surface area contributed by atoms with Crippen molar-refractivity contribution in [2.24, 2.45) is 12.0 Å². The number of anilines is 1. The molecule has 1 amide bonds. The molecule has 0 saturated heterocycles. The Morgan fingerprint density at radius 2 is 1.87 bits per heavy atom. The highest BCUT2D eigenvalue weighted by Gasteiger charge is 2.13. The normalized spacial score (nSPS) is 11.5. The number of carbonyl (C=O) groups is 1. The molecule has 0 bridgehead atoms. The summed E-state index contributed by atoms with van der Waals surface area (Å²) in [4.78, 5) is 17.5. The zero-order valence-corrected chi connectivity index (χ0v) is 19.3. The Morgan fingerprint density at radius 1 is 1.13 bits per heavy atom. The molecule has 0 saturated carbocycles. The molecule has 31 heavy (non-hydrogen) atoms. The van der Waals surface area contributed by atoms with Gasteiger partial charge in [-0.2, -0.15) is 5.10 Å². The van der Waals surface area contributed by atoms with Gasteiger partial charge in [-0.25, -0.2) is 0 Å². The summed E-state index contributed by atoms with van der Waals surface area (Å²) in [5, 5.41) is 11.2. The number of benzene rings is 2. The number of halogens is 1.